The Kier molecular flexibility index (Phi) is 11.3. The number of carbonyl (C=O) groups is 2. The van der Waals surface area contributed by atoms with Crippen LogP contribution in [0, 0.1) is 38.5 Å². The third-order valence-electron chi connectivity index (χ3n) is 8.11. The molecule has 0 spiro atoms. The lowest BCUT2D eigenvalue weighted by molar-refractivity contribution is -0.142. The van der Waals surface area contributed by atoms with Gasteiger partial charge in [-0.05, 0) is 87.8 Å². The van der Waals surface area contributed by atoms with Crippen LogP contribution in [-0.2, 0) is 16.0 Å². The fourth-order valence-corrected chi connectivity index (χ4v) is 5.28. The zero-order valence-corrected chi connectivity index (χ0v) is 24.1. The quantitative estimate of drug-likeness (QED) is 0.205. The van der Waals surface area contributed by atoms with Gasteiger partial charge in [-0.3, -0.25) is 9.59 Å². The molecule has 1 aromatic carbocycles. The van der Waals surface area contributed by atoms with Crippen molar-refractivity contribution in [3.05, 3.63) is 22.3 Å². The molecule has 36 heavy (non-hydrogen) atoms. The van der Waals surface area contributed by atoms with Crippen molar-refractivity contribution in [1.29, 1.82) is 0 Å². The van der Waals surface area contributed by atoms with Gasteiger partial charge in [0.2, 0.25) is 0 Å². The maximum absolute atomic E-state index is 12.2. The topological polar surface area (TPSA) is 72.8 Å². The molecule has 0 amide bonds. The minimum atomic E-state index is -1.000. The summed E-state index contributed by atoms with van der Waals surface area (Å²) in [6.45, 7) is 17.6. The van der Waals surface area contributed by atoms with Crippen LogP contribution in [0.2, 0.25) is 0 Å². The average molecular weight is 503 g/mol. The molecule has 0 fully saturated rings. The first-order valence-electron chi connectivity index (χ1n) is 14.1. The predicted molar refractivity (Wildman–Crippen MR) is 146 cm³/mol. The zero-order valence-electron chi connectivity index (χ0n) is 24.1. The highest BCUT2D eigenvalue weighted by atomic mass is 16.5. The molecular weight excluding hydrogens is 452 g/mol. The number of ether oxygens (including phenoxy) is 2. The third kappa shape index (κ3) is 8.81. The van der Waals surface area contributed by atoms with Gasteiger partial charge in [-0.15, -0.1) is 0 Å². The van der Waals surface area contributed by atoms with Crippen LogP contribution >= 0.6 is 0 Å². The van der Waals surface area contributed by atoms with Gasteiger partial charge in [0.25, 0.3) is 0 Å². The van der Waals surface area contributed by atoms with Crippen molar-refractivity contribution in [2.75, 3.05) is 0 Å². The Balaban J connectivity index is 1.95. The van der Waals surface area contributed by atoms with Gasteiger partial charge in [-0.2, -0.15) is 0 Å². The molecule has 0 radical (unpaired) electrons. The Morgan fingerprint density at radius 1 is 0.917 bits per heavy atom. The van der Waals surface area contributed by atoms with E-state index in [-0.39, 0.29) is 18.4 Å². The number of benzene rings is 1. The van der Waals surface area contributed by atoms with Crippen molar-refractivity contribution in [2.24, 2.45) is 17.8 Å². The second-order valence-corrected chi connectivity index (χ2v) is 12.1. The molecule has 0 saturated carbocycles. The first kappa shape index (κ1) is 30.2. The number of carboxylic acids is 1. The van der Waals surface area contributed by atoms with E-state index in [1.165, 1.54) is 38.5 Å². The van der Waals surface area contributed by atoms with Crippen molar-refractivity contribution >= 4 is 11.9 Å². The summed E-state index contributed by atoms with van der Waals surface area (Å²) in [6, 6.07) is 0. The molecule has 3 atom stereocenters. The van der Waals surface area contributed by atoms with Gasteiger partial charge in [-0.1, -0.05) is 59.8 Å². The van der Waals surface area contributed by atoms with Gasteiger partial charge in [0, 0.05) is 5.56 Å². The molecule has 0 aromatic heterocycles. The molecule has 1 aromatic rings. The van der Waals surface area contributed by atoms with Crippen molar-refractivity contribution in [3.63, 3.8) is 0 Å². The van der Waals surface area contributed by atoms with Gasteiger partial charge in [0.15, 0.2) is 0 Å². The summed E-state index contributed by atoms with van der Waals surface area (Å²) in [5, 5.41) is 8.84. The summed E-state index contributed by atoms with van der Waals surface area (Å²) < 4.78 is 12.3. The summed E-state index contributed by atoms with van der Waals surface area (Å²) in [5.41, 5.74) is 3.76. The largest absolute Gasteiger partial charge is 0.487 e. The molecule has 204 valence electrons. The Morgan fingerprint density at radius 2 is 1.53 bits per heavy atom. The summed E-state index contributed by atoms with van der Waals surface area (Å²) in [6.07, 6.45) is 10.2. The van der Waals surface area contributed by atoms with Crippen LogP contribution in [0.4, 0.5) is 0 Å². The number of rotatable bonds is 14. The number of carbonyl (C=O) groups excluding carboxylic acids is 1. The molecule has 5 heteroatoms. The number of hydrogen-bond donors (Lipinski definition) is 1. The average Bonchev–Trinajstić information content (AvgIpc) is 2.81. The lowest BCUT2D eigenvalue weighted by atomic mass is 9.83. The van der Waals surface area contributed by atoms with E-state index in [0.717, 1.165) is 65.0 Å². The standard InChI is InChI=1S/C31H50O5/c1-20(2)11-12-22(4)14-13-21(3)10-9-18-31(8)19-17-26-25(7)29(23(5)24(6)30(26)36-31)35-28(34)16-15-27(32)33/h20-22H,9-19H2,1-8H3,(H,32,33). The van der Waals surface area contributed by atoms with E-state index in [0.29, 0.717) is 5.75 Å². The third-order valence-corrected chi connectivity index (χ3v) is 8.11. The molecule has 0 bridgehead atoms. The minimum absolute atomic E-state index is 0.131. The van der Waals surface area contributed by atoms with Crippen LogP contribution < -0.4 is 9.47 Å². The van der Waals surface area contributed by atoms with Crippen molar-refractivity contribution in [2.45, 2.75) is 132 Å². The number of carboxylic acid groups (broad SMARTS) is 1. The molecule has 0 aliphatic carbocycles. The molecule has 0 saturated heterocycles. The highest BCUT2D eigenvalue weighted by Gasteiger charge is 2.34. The molecule has 1 heterocycles. The first-order valence-corrected chi connectivity index (χ1v) is 14.1. The van der Waals surface area contributed by atoms with E-state index < -0.39 is 11.9 Å². The Hall–Kier alpha value is -2.04. The summed E-state index contributed by atoms with van der Waals surface area (Å²) >= 11 is 0. The van der Waals surface area contributed by atoms with Crippen LogP contribution in [-0.4, -0.2) is 22.6 Å². The Labute approximate surface area is 219 Å². The van der Waals surface area contributed by atoms with Crippen LogP contribution in [0.25, 0.3) is 0 Å². The fourth-order valence-electron chi connectivity index (χ4n) is 5.28. The second-order valence-electron chi connectivity index (χ2n) is 12.1. The molecule has 1 aliphatic rings. The maximum atomic E-state index is 12.2. The SMILES string of the molecule is Cc1c(C)c2c(c(C)c1OC(=O)CCC(=O)O)CCC(C)(CCCC(C)CCC(C)CCC(C)C)O2. The fraction of sp³-hybridized carbons (Fsp3) is 0.742. The minimum Gasteiger partial charge on any atom is -0.487 e. The second kappa shape index (κ2) is 13.5. The van der Waals surface area contributed by atoms with E-state index in [9.17, 15) is 9.59 Å². The molecule has 1 N–H and O–H groups in total. The smallest absolute Gasteiger partial charge is 0.311 e. The van der Waals surface area contributed by atoms with Crippen molar-refractivity contribution in [3.8, 4) is 11.5 Å². The number of hydrogen-bond acceptors (Lipinski definition) is 4. The van der Waals surface area contributed by atoms with Crippen molar-refractivity contribution < 1.29 is 24.2 Å². The Morgan fingerprint density at radius 3 is 2.14 bits per heavy atom. The van der Waals surface area contributed by atoms with E-state index in [1.807, 2.05) is 20.8 Å². The number of aliphatic carboxylic acids is 1. The van der Waals surface area contributed by atoms with Gasteiger partial charge in [0.05, 0.1) is 12.8 Å². The van der Waals surface area contributed by atoms with Crippen LogP contribution in [0.1, 0.15) is 121 Å². The van der Waals surface area contributed by atoms with Crippen LogP contribution in [0.5, 0.6) is 11.5 Å². The number of fused-ring (bicyclic) bond motifs is 1. The van der Waals surface area contributed by atoms with Crippen molar-refractivity contribution in [1.82, 2.24) is 0 Å². The molecule has 3 unspecified atom stereocenters. The van der Waals surface area contributed by atoms with E-state index in [1.54, 1.807) is 0 Å². The van der Waals surface area contributed by atoms with Gasteiger partial charge in [-0.25, -0.2) is 0 Å². The van der Waals surface area contributed by atoms with Crippen LogP contribution in [0.3, 0.4) is 0 Å². The molecular formula is C31H50O5. The van der Waals surface area contributed by atoms with E-state index in [2.05, 4.69) is 34.6 Å². The highest BCUT2D eigenvalue weighted by molar-refractivity contribution is 5.79. The normalized spacial score (nSPS) is 18.9. The zero-order chi connectivity index (χ0) is 27.0. The Bertz CT molecular complexity index is 903. The van der Waals surface area contributed by atoms with Crippen LogP contribution in [0.15, 0.2) is 0 Å². The first-order chi connectivity index (χ1) is 16.8. The summed E-state index contributed by atoms with van der Waals surface area (Å²) in [4.78, 5) is 23.0. The summed E-state index contributed by atoms with van der Waals surface area (Å²) in [5.74, 6) is 2.36. The molecule has 1 aliphatic heterocycles. The number of esters is 1. The lowest BCUT2D eigenvalue weighted by Gasteiger charge is -2.38. The van der Waals surface area contributed by atoms with Gasteiger partial charge < -0.3 is 14.6 Å². The monoisotopic (exact) mass is 502 g/mol. The predicted octanol–water partition coefficient (Wildman–Crippen LogP) is 8.12. The summed E-state index contributed by atoms with van der Waals surface area (Å²) in [7, 11) is 0. The molecule has 5 nitrogen and oxygen atoms in total. The van der Waals surface area contributed by atoms with Gasteiger partial charge in [0.1, 0.15) is 17.1 Å². The van der Waals surface area contributed by atoms with E-state index in [4.69, 9.17) is 14.6 Å². The van der Waals surface area contributed by atoms with Gasteiger partial charge >= 0.3 is 11.9 Å². The van der Waals surface area contributed by atoms with E-state index >= 15 is 0 Å². The highest BCUT2D eigenvalue weighted by Crippen LogP contribution is 2.45. The lowest BCUT2D eigenvalue weighted by Crippen LogP contribution is -2.37. The maximum Gasteiger partial charge on any atom is 0.311 e. The molecule has 2 rings (SSSR count).